The van der Waals surface area contributed by atoms with Crippen LogP contribution in [0.4, 0.5) is 0 Å². The minimum atomic E-state index is -0.196. The summed E-state index contributed by atoms with van der Waals surface area (Å²) in [6.45, 7) is 0.663. The minimum Gasteiger partial charge on any atom is -0.464 e. The van der Waals surface area contributed by atoms with Gasteiger partial charge < -0.3 is 10.5 Å². The number of rotatable bonds is 5. The Morgan fingerprint density at radius 2 is 2.33 bits per heavy atom. The number of ether oxygens (including phenoxy) is 1. The van der Waals surface area contributed by atoms with Crippen LogP contribution in [0.5, 0.6) is 0 Å². The van der Waals surface area contributed by atoms with E-state index >= 15 is 0 Å². The third kappa shape index (κ3) is 4.93. The van der Waals surface area contributed by atoms with Gasteiger partial charge in [-0.05, 0) is 25.2 Å². The average molecular weight is 213 g/mol. The summed E-state index contributed by atoms with van der Waals surface area (Å²) in [5, 5.41) is 0. The van der Waals surface area contributed by atoms with E-state index in [4.69, 9.17) is 10.5 Å². The third-order valence-electron chi connectivity index (χ3n) is 2.72. The molecule has 1 unspecified atom stereocenters. The lowest BCUT2D eigenvalue weighted by molar-refractivity contribution is -0.144. The number of Topliss-reactive ketones (excluding diaryl/α,β-unsaturated/α-hetero) is 1. The van der Waals surface area contributed by atoms with E-state index in [1.54, 1.807) is 0 Å². The summed E-state index contributed by atoms with van der Waals surface area (Å²) in [7, 11) is 0. The minimum absolute atomic E-state index is 0.196. The first kappa shape index (κ1) is 12.2. The quantitative estimate of drug-likeness (QED) is 0.692. The van der Waals surface area contributed by atoms with Crippen molar-refractivity contribution < 1.29 is 14.3 Å². The Balaban J connectivity index is 2.13. The maximum Gasteiger partial charge on any atom is 0.305 e. The molecule has 0 radical (unpaired) electrons. The highest BCUT2D eigenvalue weighted by Crippen LogP contribution is 2.25. The fourth-order valence-corrected chi connectivity index (χ4v) is 1.93. The first-order valence-corrected chi connectivity index (χ1v) is 5.59. The summed E-state index contributed by atoms with van der Waals surface area (Å²) in [5.41, 5.74) is 5.21. The number of hydrogen-bond donors (Lipinski definition) is 1. The Kier molecular flexibility index (Phi) is 5.32. The molecule has 0 amide bonds. The highest BCUT2D eigenvalue weighted by atomic mass is 16.5. The van der Waals surface area contributed by atoms with E-state index in [2.05, 4.69) is 0 Å². The molecule has 1 fully saturated rings. The van der Waals surface area contributed by atoms with Crippen molar-refractivity contribution in [2.45, 2.75) is 38.5 Å². The van der Waals surface area contributed by atoms with Gasteiger partial charge >= 0.3 is 5.97 Å². The summed E-state index contributed by atoms with van der Waals surface area (Å²) >= 11 is 0. The SMILES string of the molecule is NCCOC(=O)CCC1CCCC(=O)C1. The summed E-state index contributed by atoms with van der Waals surface area (Å²) in [5.74, 6) is 0.525. The van der Waals surface area contributed by atoms with Crippen molar-refractivity contribution in [1.82, 2.24) is 0 Å². The molecule has 1 aliphatic rings. The zero-order chi connectivity index (χ0) is 11.1. The number of carbonyl (C=O) groups is 2. The molecule has 1 atom stereocenters. The van der Waals surface area contributed by atoms with Crippen LogP contribution >= 0.6 is 0 Å². The van der Waals surface area contributed by atoms with Gasteiger partial charge in [-0.1, -0.05) is 0 Å². The molecule has 1 rings (SSSR count). The van der Waals surface area contributed by atoms with Gasteiger partial charge in [-0.15, -0.1) is 0 Å². The molecular formula is C11H19NO3. The molecule has 2 N–H and O–H groups in total. The smallest absolute Gasteiger partial charge is 0.305 e. The van der Waals surface area contributed by atoms with Crippen molar-refractivity contribution in [2.75, 3.05) is 13.2 Å². The Labute approximate surface area is 90.2 Å². The molecule has 86 valence electrons. The normalized spacial score (nSPS) is 21.4. The Morgan fingerprint density at radius 1 is 1.53 bits per heavy atom. The van der Waals surface area contributed by atoms with Crippen LogP contribution in [0.25, 0.3) is 0 Å². The van der Waals surface area contributed by atoms with Gasteiger partial charge in [-0.25, -0.2) is 0 Å². The summed E-state index contributed by atoms with van der Waals surface area (Å²) in [6, 6.07) is 0. The van der Waals surface area contributed by atoms with E-state index in [0.29, 0.717) is 44.1 Å². The topological polar surface area (TPSA) is 69.4 Å². The highest BCUT2D eigenvalue weighted by molar-refractivity contribution is 5.79. The molecule has 1 saturated carbocycles. The van der Waals surface area contributed by atoms with Crippen LogP contribution in [0, 0.1) is 5.92 Å². The number of nitrogens with two attached hydrogens (primary N) is 1. The van der Waals surface area contributed by atoms with Gasteiger partial charge in [-0.3, -0.25) is 9.59 Å². The van der Waals surface area contributed by atoms with Gasteiger partial charge in [0.15, 0.2) is 0 Å². The third-order valence-corrected chi connectivity index (χ3v) is 2.72. The van der Waals surface area contributed by atoms with E-state index in [9.17, 15) is 9.59 Å². The monoisotopic (exact) mass is 213 g/mol. The van der Waals surface area contributed by atoms with Crippen LogP contribution in [-0.2, 0) is 14.3 Å². The van der Waals surface area contributed by atoms with E-state index in [-0.39, 0.29) is 5.97 Å². The van der Waals surface area contributed by atoms with Crippen LogP contribution < -0.4 is 5.73 Å². The lowest BCUT2D eigenvalue weighted by Gasteiger charge is -2.19. The molecule has 0 heterocycles. The van der Waals surface area contributed by atoms with Crippen molar-refractivity contribution in [3.8, 4) is 0 Å². The average Bonchev–Trinajstić information content (AvgIpc) is 2.23. The molecule has 0 saturated heterocycles. The molecule has 4 nitrogen and oxygen atoms in total. The van der Waals surface area contributed by atoms with Gasteiger partial charge in [0.1, 0.15) is 12.4 Å². The van der Waals surface area contributed by atoms with Crippen molar-refractivity contribution in [1.29, 1.82) is 0 Å². The van der Waals surface area contributed by atoms with Gasteiger partial charge in [0.05, 0.1) is 0 Å². The summed E-state index contributed by atoms with van der Waals surface area (Å²) in [4.78, 5) is 22.3. The van der Waals surface area contributed by atoms with Crippen LogP contribution in [0.3, 0.4) is 0 Å². The summed E-state index contributed by atoms with van der Waals surface area (Å²) < 4.78 is 4.86. The molecule has 1 aliphatic carbocycles. The van der Waals surface area contributed by atoms with Crippen molar-refractivity contribution in [3.63, 3.8) is 0 Å². The van der Waals surface area contributed by atoms with Gasteiger partial charge in [0, 0.05) is 25.8 Å². The van der Waals surface area contributed by atoms with E-state index in [0.717, 1.165) is 19.3 Å². The standard InChI is InChI=1S/C11H19NO3/c12-6-7-15-11(14)5-4-9-2-1-3-10(13)8-9/h9H,1-8,12H2. The molecule has 15 heavy (non-hydrogen) atoms. The Bertz CT molecular complexity index is 228. The number of carbonyl (C=O) groups excluding carboxylic acids is 2. The highest BCUT2D eigenvalue weighted by Gasteiger charge is 2.20. The van der Waals surface area contributed by atoms with Crippen LogP contribution in [0.2, 0.25) is 0 Å². The number of ketones is 1. The molecule has 0 spiro atoms. The second-order valence-electron chi connectivity index (χ2n) is 4.05. The predicted molar refractivity (Wildman–Crippen MR) is 56.2 cm³/mol. The fraction of sp³-hybridized carbons (Fsp3) is 0.818. The first-order valence-electron chi connectivity index (χ1n) is 5.59. The molecule has 0 aromatic carbocycles. The van der Waals surface area contributed by atoms with Crippen molar-refractivity contribution in [3.05, 3.63) is 0 Å². The maximum absolute atomic E-state index is 11.2. The zero-order valence-electron chi connectivity index (χ0n) is 9.04. The second kappa shape index (κ2) is 6.56. The second-order valence-corrected chi connectivity index (χ2v) is 4.05. The van der Waals surface area contributed by atoms with Crippen molar-refractivity contribution >= 4 is 11.8 Å². The number of esters is 1. The zero-order valence-corrected chi connectivity index (χ0v) is 9.04. The summed E-state index contributed by atoms with van der Waals surface area (Å²) in [6.07, 6.45) is 4.59. The molecule has 0 aromatic rings. The van der Waals surface area contributed by atoms with E-state index < -0.39 is 0 Å². The number of hydrogen-bond acceptors (Lipinski definition) is 4. The Hall–Kier alpha value is -0.900. The maximum atomic E-state index is 11.2. The molecule has 0 bridgehead atoms. The largest absolute Gasteiger partial charge is 0.464 e. The molecule has 0 aromatic heterocycles. The van der Waals surface area contributed by atoms with E-state index in [1.807, 2.05) is 0 Å². The Morgan fingerprint density at radius 3 is 3.00 bits per heavy atom. The molecular weight excluding hydrogens is 194 g/mol. The van der Waals surface area contributed by atoms with Crippen molar-refractivity contribution in [2.24, 2.45) is 11.7 Å². The van der Waals surface area contributed by atoms with Crippen LogP contribution in [0.1, 0.15) is 38.5 Å². The lowest BCUT2D eigenvalue weighted by atomic mass is 9.85. The van der Waals surface area contributed by atoms with Gasteiger partial charge in [0.2, 0.25) is 0 Å². The van der Waals surface area contributed by atoms with Gasteiger partial charge in [0.25, 0.3) is 0 Å². The lowest BCUT2D eigenvalue weighted by Crippen LogP contribution is -2.18. The van der Waals surface area contributed by atoms with Crippen LogP contribution in [-0.4, -0.2) is 24.9 Å². The predicted octanol–water partition coefficient (Wildman–Crippen LogP) is 1.03. The van der Waals surface area contributed by atoms with Gasteiger partial charge in [-0.2, -0.15) is 0 Å². The molecule has 4 heteroatoms. The fourth-order valence-electron chi connectivity index (χ4n) is 1.93. The van der Waals surface area contributed by atoms with E-state index in [1.165, 1.54) is 0 Å². The first-order chi connectivity index (χ1) is 7.22. The molecule has 0 aliphatic heterocycles. The van der Waals surface area contributed by atoms with Crippen LogP contribution in [0.15, 0.2) is 0 Å².